The summed E-state index contributed by atoms with van der Waals surface area (Å²) in [5, 5.41) is 2.43. The smallest absolute Gasteiger partial charge is 0.0346 e. The SMILES string of the molecule is C=C(/C=C\C(C)C)c1ccc2cnccc2c1C. The first kappa shape index (κ1) is 12.6. The molecule has 1 heterocycles. The quantitative estimate of drug-likeness (QED) is 0.701. The molecule has 0 atom stereocenters. The molecule has 0 unspecified atom stereocenters. The van der Waals surface area contributed by atoms with Gasteiger partial charge in [0.25, 0.3) is 0 Å². The van der Waals surface area contributed by atoms with Crippen LogP contribution in [0.25, 0.3) is 16.3 Å². The minimum absolute atomic E-state index is 0.548. The number of pyridine rings is 1. The third-order valence-corrected chi connectivity index (χ3v) is 3.12. The lowest BCUT2D eigenvalue weighted by atomic mass is 9.96. The van der Waals surface area contributed by atoms with E-state index in [1.807, 2.05) is 12.4 Å². The van der Waals surface area contributed by atoms with Crippen LogP contribution >= 0.6 is 0 Å². The Bertz CT molecular complexity index is 606. The summed E-state index contributed by atoms with van der Waals surface area (Å²) in [4.78, 5) is 4.15. The Balaban J connectivity index is 2.46. The highest BCUT2D eigenvalue weighted by atomic mass is 14.6. The number of hydrogen-bond acceptors (Lipinski definition) is 1. The van der Waals surface area contributed by atoms with E-state index < -0.39 is 0 Å². The van der Waals surface area contributed by atoms with Crippen molar-refractivity contribution >= 4 is 16.3 Å². The molecule has 1 aromatic carbocycles. The van der Waals surface area contributed by atoms with Crippen molar-refractivity contribution < 1.29 is 0 Å². The largest absolute Gasteiger partial charge is 0.264 e. The van der Waals surface area contributed by atoms with E-state index in [1.165, 1.54) is 21.9 Å². The molecule has 0 bridgehead atoms. The third-order valence-electron chi connectivity index (χ3n) is 3.12. The Hall–Kier alpha value is -1.89. The summed E-state index contributed by atoms with van der Waals surface area (Å²) in [7, 11) is 0. The Labute approximate surface area is 109 Å². The van der Waals surface area contributed by atoms with Gasteiger partial charge in [0.05, 0.1) is 0 Å². The molecule has 0 radical (unpaired) electrons. The van der Waals surface area contributed by atoms with E-state index in [1.54, 1.807) is 0 Å². The molecule has 1 heteroatoms. The van der Waals surface area contributed by atoms with E-state index in [2.05, 4.69) is 62.7 Å². The fraction of sp³-hybridized carbons (Fsp3) is 0.235. The average Bonchev–Trinajstić information content (AvgIpc) is 2.37. The second kappa shape index (κ2) is 5.18. The first-order valence-electron chi connectivity index (χ1n) is 6.30. The van der Waals surface area contributed by atoms with Crippen LogP contribution in [0.1, 0.15) is 25.0 Å². The number of hydrogen-bond donors (Lipinski definition) is 0. The van der Waals surface area contributed by atoms with E-state index in [0.717, 1.165) is 5.57 Å². The Morgan fingerprint density at radius 3 is 2.78 bits per heavy atom. The number of aromatic nitrogens is 1. The average molecular weight is 237 g/mol. The van der Waals surface area contributed by atoms with Crippen LogP contribution in [0.2, 0.25) is 0 Å². The molecular formula is C17H19N. The van der Waals surface area contributed by atoms with Crippen molar-refractivity contribution in [1.82, 2.24) is 4.98 Å². The van der Waals surface area contributed by atoms with Crippen LogP contribution in [-0.4, -0.2) is 4.98 Å². The molecule has 0 N–H and O–H groups in total. The van der Waals surface area contributed by atoms with Crippen LogP contribution < -0.4 is 0 Å². The summed E-state index contributed by atoms with van der Waals surface area (Å²) in [6.07, 6.45) is 8.03. The minimum atomic E-state index is 0.548. The van der Waals surface area contributed by atoms with Crippen molar-refractivity contribution in [3.05, 3.63) is 60.5 Å². The summed E-state index contributed by atoms with van der Waals surface area (Å²) < 4.78 is 0. The minimum Gasteiger partial charge on any atom is -0.264 e. The van der Waals surface area contributed by atoms with Gasteiger partial charge in [-0.2, -0.15) is 0 Å². The van der Waals surface area contributed by atoms with Crippen LogP contribution in [0.4, 0.5) is 0 Å². The molecule has 92 valence electrons. The molecule has 0 fully saturated rings. The first-order chi connectivity index (χ1) is 8.59. The maximum atomic E-state index is 4.16. The fourth-order valence-electron chi connectivity index (χ4n) is 2.07. The molecule has 0 aliphatic rings. The van der Waals surface area contributed by atoms with E-state index in [-0.39, 0.29) is 0 Å². The maximum absolute atomic E-state index is 4.16. The summed E-state index contributed by atoms with van der Waals surface area (Å²) in [6.45, 7) is 10.6. The van der Waals surface area contributed by atoms with Gasteiger partial charge in [0, 0.05) is 17.8 Å². The van der Waals surface area contributed by atoms with Crippen molar-refractivity contribution in [2.75, 3.05) is 0 Å². The monoisotopic (exact) mass is 237 g/mol. The predicted molar refractivity (Wildman–Crippen MR) is 79.5 cm³/mol. The van der Waals surface area contributed by atoms with Crippen molar-refractivity contribution in [2.24, 2.45) is 5.92 Å². The molecule has 2 aromatic rings. The molecule has 0 aliphatic heterocycles. The lowest BCUT2D eigenvalue weighted by Gasteiger charge is -2.09. The number of rotatable bonds is 3. The Morgan fingerprint density at radius 2 is 2.06 bits per heavy atom. The Morgan fingerprint density at radius 1 is 1.28 bits per heavy atom. The highest BCUT2D eigenvalue weighted by Crippen LogP contribution is 2.26. The molecule has 0 spiro atoms. The first-order valence-corrected chi connectivity index (χ1v) is 6.30. The highest BCUT2D eigenvalue weighted by molar-refractivity contribution is 5.90. The zero-order chi connectivity index (χ0) is 13.1. The van der Waals surface area contributed by atoms with Gasteiger partial charge in [-0.3, -0.25) is 4.98 Å². The standard InChI is InChI=1S/C17H19N/c1-12(2)5-6-13(3)16-8-7-15-11-18-10-9-17(15)14(16)4/h5-12H,3H2,1-2,4H3/b6-5-. The van der Waals surface area contributed by atoms with E-state index in [4.69, 9.17) is 0 Å². The second-order valence-electron chi connectivity index (χ2n) is 4.96. The lowest BCUT2D eigenvalue weighted by molar-refractivity contribution is 0.832. The van der Waals surface area contributed by atoms with Crippen LogP contribution in [0.15, 0.2) is 49.3 Å². The van der Waals surface area contributed by atoms with Gasteiger partial charge >= 0.3 is 0 Å². The van der Waals surface area contributed by atoms with Crippen LogP contribution in [0.5, 0.6) is 0 Å². The topological polar surface area (TPSA) is 12.9 Å². The molecule has 1 nitrogen and oxygen atoms in total. The lowest BCUT2D eigenvalue weighted by Crippen LogP contribution is -1.89. The summed E-state index contributed by atoms with van der Waals surface area (Å²) in [5.41, 5.74) is 3.55. The molecule has 0 aliphatic carbocycles. The van der Waals surface area contributed by atoms with E-state index in [0.29, 0.717) is 5.92 Å². The zero-order valence-corrected chi connectivity index (χ0v) is 11.3. The number of nitrogens with zero attached hydrogens (tertiary/aromatic N) is 1. The number of allylic oxidation sites excluding steroid dienone is 3. The van der Waals surface area contributed by atoms with Crippen molar-refractivity contribution in [2.45, 2.75) is 20.8 Å². The molecule has 18 heavy (non-hydrogen) atoms. The van der Waals surface area contributed by atoms with Gasteiger partial charge in [-0.05, 0) is 41.0 Å². The van der Waals surface area contributed by atoms with Gasteiger partial charge < -0.3 is 0 Å². The van der Waals surface area contributed by atoms with Crippen molar-refractivity contribution in [3.63, 3.8) is 0 Å². The van der Waals surface area contributed by atoms with Crippen molar-refractivity contribution in [3.8, 4) is 0 Å². The molecule has 0 amide bonds. The molecular weight excluding hydrogens is 218 g/mol. The fourth-order valence-corrected chi connectivity index (χ4v) is 2.07. The highest BCUT2D eigenvalue weighted by Gasteiger charge is 2.04. The van der Waals surface area contributed by atoms with E-state index >= 15 is 0 Å². The third kappa shape index (κ3) is 2.51. The molecule has 0 saturated heterocycles. The molecule has 0 saturated carbocycles. The van der Waals surface area contributed by atoms with Crippen LogP contribution in [0.3, 0.4) is 0 Å². The van der Waals surface area contributed by atoms with E-state index in [9.17, 15) is 0 Å². The Kier molecular flexibility index (Phi) is 3.61. The zero-order valence-electron chi connectivity index (χ0n) is 11.3. The number of fused-ring (bicyclic) bond motifs is 1. The van der Waals surface area contributed by atoms with Gasteiger partial charge in [-0.15, -0.1) is 0 Å². The molecule has 2 rings (SSSR count). The molecule has 1 aromatic heterocycles. The summed E-state index contributed by atoms with van der Waals surface area (Å²) >= 11 is 0. The summed E-state index contributed by atoms with van der Waals surface area (Å²) in [5.74, 6) is 0.548. The van der Waals surface area contributed by atoms with Gasteiger partial charge in [0.15, 0.2) is 0 Å². The van der Waals surface area contributed by atoms with Gasteiger partial charge in [0.2, 0.25) is 0 Å². The normalized spacial score (nSPS) is 11.6. The van der Waals surface area contributed by atoms with Gasteiger partial charge in [-0.25, -0.2) is 0 Å². The van der Waals surface area contributed by atoms with Gasteiger partial charge in [0.1, 0.15) is 0 Å². The predicted octanol–water partition coefficient (Wildman–Crippen LogP) is 4.77. The van der Waals surface area contributed by atoms with Crippen LogP contribution in [-0.2, 0) is 0 Å². The van der Waals surface area contributed by atoms with Crippen LogP contribution in [0, 0.1) is 12.8 Å². The van der Waals surface area contributed by atoms with Crippen molar-refractivity contribution in [1.29, 1.82) is 0 Å². The van der Waals surface area contributed by atoms with Gasteiger partial charge in [-0.1, -0.05) is 44.7 Å². The second-order valence-corrected chi connectivity index (χ2v) is 4.96. The maximum Gasteiger partial charge on any atom is 0.0346 e. The summed E-state index contributed by atoms with van der Waals surface area (Å²) in [6, 6.07) is 6.30. The number of aryl methyl sites for hydroxylation is 1. The number of benzene rings is 1.